The minimum absolute atomic E-state index is 0.00368. The van der Waals surface area contributed by atoms with Crippen molar-refractivity contribution in [1.29, 1.82) is 0 Å². The lowest BCUT2D eigenvalue weighted by atomic mass is 10.1. The first-order chi connectivity index (χ1) is 17.2. The van der Waals surface area contributed by atoms with E-state index in [1.54, 1.807) is 0 Å². The number of hydrogen-bond acceptors (Lipinski definition) is 9. The van der Waals surface area contributed by atoms with Crippen molar-refractivity contribution in [2.24, 2.45) is 11.8 Å². The van der Waals surface area contributed by atoms with Crippen LogP contribution < -0.4 is 10.6 Å². The maximum atomic E-state index is 10.0. The Morgan fingerprint density at radius 2 is 1.81 bits per heavy atom. The van der Waals surface area contributed by atoms with Gasteiger partial charge in [-0.1, -0.05) is 0 Å². The van der Waals surface area contributed by atoms with Gasteiger partial charge in [0.15, 0.2) is 11.4 Å². The van der Waals surface area contributed by atoms with E-state index in [-0.39, 0.29) is 30.8 Å². The minimum atomic E-state index is -0.689. The largest absolute Gasteiger partial charge is 0.454 e. The van der Waals surface area contributed by atoms with E-state index >= 15 is 0 Å². The summed E-state index contributed by atoms with van der Waals surface area (Å²) in [6, 6.07) is 3.99. The molecule has 3 aromatic heterocycles. The number of furan rings is 1. The van der Waals surface area contributed by atoms with Crippen molar-refractivity contribution in [3.05, 3.63) is 29.2 Å². The Kier molecular flexibility index (Phi) is 5.70. The fraction of sp³-hybridized carbons (Fsp3) is 0.593. The third kappa shape index (κ3) is 4.33. The number of aromatic nitrogens is 3. The lowest BCUT2D eigenvalue weighted by Gasteiger charge is -2.25. The molecule has 2 saturated carbocycles. The van der Waals surface area contributed by atoms with Gasteiger partial charge >= 0.3 is 0 Å². The Balaban J connectivity index is 1.40. The molecule has 0 amide bonds. The highest BCUT2D eigenvalue weighted by Crippen LogP contribution is 2.44. The van der Waals surface area contributed by atoms with Crippen molar-refractivity contribution in [1.82, 2.24) is 15.0 Å². The van der Waals surface area contributed by atoms with Gasteiger partial charge in [0.2, 0.25) is 5.95 Å². The molecule has 0 spiro atoms. The summed E-state index contributed by atoms with van der Waals surface area (Å²) in [5, 5.41) is 18.1. The number of ether oxygens (including phenoxy) is 2. The lowest BCUT2D eigenvalue weighted by Crippen LogP contribution is -2.35. The van der Waals surface area contributed by atoms with E-state index in [4.69, 9.17) is 23.9 Å². The monoisotopic (exact) mass is 493 g/mol. The molecule has 6 rings (SSSR count). The third-order valence-corrected chi connectivity index (χ3v) is 7.52. The first kappa shape index (κ1) is 23.6. The van der Waals surface area contributed by atoms with Crippen LogP contribution >= 0.6 is 0 Å². The normalized spacial score (nSPS) is 26.9. The topological polar surface area (TPSA) is 115 Å². The number of aliphatic hydroxyl groups is 1. The van der Waals surface area contributed by atoms with E-state index in [0.717, 1.165) is 46.6 Å². The standard InChI is InChI=1S/C27H35N5O4/c1-13-8-17-10-20(34-22(17)15(3)29-13)21-14(2)30-26(28-11-16-6-7-16)32-25(21)31-19-9-18(12-33)23-24(19)36-27(4,5)35-23/h8,10,16,18-19,23-24,33H,6-7,9,11-12H2,1-5H3,(H2,28,30,31,32)/t18-,19-,23-,24+/m1/s1. The average Bonchev–Trinajstić information content (AvgIpc) is 3.35. The van der Waals surface area contributed by atoms with Gasteiger partial charge in [-0.25, -0.2) is 4.98 Å². The van der Waals surface area contributed by atoms with Gasteiger partial charge in [-0.2, -0.15) is 4.98 Å². The summed E-state index contributed by atoms with van der Waals surface area (Å²) >= 11 is 0. The van der Waals surface area contributed by atoms with E-state index in [1.807, 2.05) is 46.8 Å². The molecule has 9 heteroatoms. The number of hydrogen-bond donors (Lipinski definition) is 3. The molecule has 1 aliphatic heterocycles. The van der Waals surface area contributed by atoms with E-state index in [9.17, 15) is 5.11 Å². The van der Waals surface area contributed by atoms with Crippen molar-refractivity contribution in [2.45, 2.75) is 77.9 Å². The summed E-state index contributed by atoms with van der Waals surface area (Å²) < 4.78 is 18.8. The molecule has 0 unspecified atom stereocenters. The van der Waals surface area contributed by atoms with Crippen LogP contribution in [-0.4, -0.2) is 57.2 Å². The fourth-order valence-corrected chi connectivity index (χ4v) is 5.68. The van der Waals surface area contributed by atoms with Crippen LogP contribution in [0.1, 0.15) is 50.2 Å². The number of anilines is 2. The SMILES string of the molecule is Cc1cc2cc(-c3c(C)nc(NCC4CC4)nc3N[C@@H]3C[C@H](CO)[C@H]4OC(C)(C)O[C@H]43)oc2c(C)n1. The van der Waals surface area contributed by atoms with E-state index < -0.39 is 5.79 Å². The first-order valence-electron chi connectivity index (χ1n) is 12.9. The summed E-state index contributed by atoms with van der Waals surface area (Å²) in [6.45, 7) is 10.7. The van der Waals surface area contributed by atoms with Gasteiger partial charge in [0, 0.05) is 30.1 Å². The van der Waals surface area contributed by atoms with Crippen molar-refractivity contribution in [2.75, 3.05) is 23.8 Å². The van der Waals surface area contributed by atoms with Crippen LogP contribution in [0.5, 0.6) is 0 Å². The van der Waals surface area contributed by atoms with Crippen LogP contribution in [0.4, 0.5) is 11.8 Å². The summed E-state index contributed by atoms with van der Waals surface area (Å²) in [6.07, 6.45) is 2.87. The van der Waals surface area contributed by atoms with E-state index in [1.165, 1.54) is 12.8 Å². The molecule has 9 nitrogen and oxygen atoms in total. The fourth-order valence-electron chi connectivity index (χ4n) is 5.68. The number of nitrogens with zero attached hydrogens (tertiary/aromatic N) is 3. The molecule has 36 heavy (non-hydrogen) atoms. The Morgan fingerprint density at radius 3 is 2.56 bits per heavy atom. The highest BCUT2D eigenvalue weighted by Gasteiger charge is 2.54. The first-order valence-corrected chi connectivity index (χ1v) is 12.9. The molecule has 4 atom stereocenters. The summed E-state index contributed by atoms with van der Waals surface area (Å²) in [5.74, 6) is 2.00. The van der Waals surface area contributed by atoms with Crippen molar-refractivity contribution >= 4 is 22.7 Å². The Hall–Kier alpha value is -2.75. The molecule has 1 saturated heterocycles. The van der Waals surface area contributed by atoms with Gasteiger partial charge < -0.3 is 29.6 Å². The average molecular weight is 494 g/mol. The van der Waals surface area contributed by atoms with Gasteiger partial charge in [-0.15, -0.1) is 0 Å². The van der Waals surface area contributed by atoms with Crippen LogP contribution in [0, 0.1) is 32.6 Å². The molecule has 3 fully saturated rings. The predicted octanol–water partition coefficient (Wildman–Crippen LogP) is 4.34. The maximum absolute atomic E-state index is 10.0. The van der Waals surface area contributed by atoms with Gasteiger partial charge in [0.25, 0.3) is 0 Å². The van der Waals surface area contributed by atoms with Crippen LogP contribution in [0.3, 0.4) is 0 Å². The summed E-state index contributed by atoms with van der Waals surface area (Å²) in [7, 11) is 0. The lowest BCUT2D eigenvalue weighted by molar-refractivity contribution is -0.158. The molecule has 4 heterocycles. The number of aliphatic hydroxyl groups excluding tert-OH is 1. The Labute approximate surface area is 211 Å². The van der Waals surface area contributed by atoms with E-state index in [2.05, 4.69) is 15.6 Å². The minimum Gasteiger partial charge on any atom is -0.454 e. The van der Waals surface area contributed by atoms with Crippen molar-refractivity contribution in [3.63, 3.8) is 0 Å². The number of fused-ring (bicyclic) bond motifs is 2. The molecule has 3 N–H and O–H groups in total. The molecule has 2 aliphatic carbocycles. The van der Waals surface area contributed by atoms with E-state index in [0.29, 0.717) is 23.4 Å². The predicted molar refractivity (Wildman–Crippen MR) is 137 cm³/mol. The number of nitrogens with one attached hydrogen (secondary N) is 2. The quantitative estimate of drug-likeness (QED) is 0.442. The smallest absolute Gasteiger partial charge is 0.224 e. The van der Waals surface area contributed by atoms with Crippen LogP contribution in [0.25, 0.3) is 22.3 Å². The second-order valence-electron chi connectivity index (χ2n) is 11.1. The van der Waals surface area contributed by atoms with Crippen molar-refractivity contribution < 1.29 is 19.0 Å². The molecule has 0 bridgehead atoms. The molecular formula is C27H35N5O4. The molecular weight excluding hydrogens is 458 g/mol. The highest BCUT2D eigenvalue weighted by molar-refractivity contribution is 5.87. The molecule has 3 aliphatic rings. The van der Waals surface area contributed by atoms with Gasteiger partial charge in [0.05, 0.1) is 29.1 Å². The zero-order valence-electron chi connectivity index (χ0n) is 21.6. The van der Waals surface area contributed by atoms with Crippen LogP contribution in [0.2, 0.25) is 0 Å². The number of rotatable bonds is 7. The second-order valence-corrected chi connectivity index (χ2v) is 11.1. The molecule has 0 aromatic carbocycles. The summed E-state index contributed by atoms with van der Waals surface area (Å²) in [5.41, 5.74) is 4.22. The highest BCUT2D eigenvalue weighted by atomic mass is 16.8. The van der Waals surface area contributed by atoms with Gasteiger partial charge in [0.1, 0.15) is 17.7 Å². The zero-order chi connectivity index (χ0) is 25.2. The van der Waals surface area contributed by atoms with Crippen LogP contribution in [0.15, 0.2) is 16.5 Å². The summed E-state index contributed by atoms with van der Waals surface area (Å²) in [4.78, 5) is 14.3. The molecule has 192 valence electrons. The Bertz CT molecular complexity index is 1300. The maximum Gasteiger partial charge on any atom is 0.224 e. The Morgan fingerprint density at radius 1 is 1.03 bits per heavy atom. The second kappa shape index (κ2) is 8.68. The third-order valence-electron chi connectivity index (χ3n) is 7.52. The molecule has 0 radical (unpaired) electrons. The number of aryl methyl sites for hydroxylation is 3. The zero-order valence-corrected chi connectivity index (χ0v) is 21.6. The van der Waals surface area contributed by atoms with Gasteiger partial charge in [-0.3, -0.25) is 4.98 Å². The van der Waals surface area contributed by atoms with Crippen LogP contribution in [-0.2, 0) is 9.47 Å². The van der Waals surface area contributed by atoms with Crippen molar-refractivity contribution in [3.8, 4) is 11.3 Å². The van der Waals surface area contributed by atoms with Gasteiger partial charge in [-0.05, 0) is 71.9 Å². The molecule has 3 aromatic rings. The number of pyridine rings is 1.